The maximum Gasteiger partial charge on any atom is 0.0462 e. The molecule has 1 aliphatic heterocycles. The van der Waals surface area contributed by atoms with E-state index in [0.717, 1.165) is 30.5 Å². The van der Waals surface area contributed by atoms with E-state index in [2.05, 4.69) is 10.6 Å². The molecule has 3 heteroatoms. The van der Waals surface area contributed by atoms with Gasteiger partial charge in [-0.1, -0.05) is 19.3 Å². The lowest BCUT2D eigenvalue weighted by Gasteiger charge is -2.37. The highest BCUT2D eigenvalue weighted by molar-refractivity contribution is 4.92. The smallest absolute Gasteiger partial charge is 0.0462 e. The second kappa shape index (κ2) is 7.24. The number of rotatable bonds is 5. The van der Waals surface area contributed by atoms with E-state index in [1.165, 1.54) is 64.3 Å². The molecule has 20 heavy (non-hydrogen) atoms. The van der Waals surface area contributed by atoms with E-state index < -0.39 is 0 Å². The van der Waals surface area contributed by atoms with Crippen molar-refractivity contribution in [1.29, 1.82) is 0 Å². The molecule has 3 N–H and O–H groups in total. The van der Waals surface area contributed by atoms with Crippen molar-refractivity contribution in [2.45, 2.75) is 69.9 Å². The standard InChI is InChI=1S/C17H32N2O/c20-12-14-6-3-5-13(14)11-19-17-8-2-1-7-15(17)16-9-4-10-18-16/h13-20H,1-12H2. The number of hydrogen-bond donors (Lipinski definition) is 3. The fourth-order valence-electron chi connectivity index (χ4n) is 4.90. The molecule has 0 bridgehead atoms. The Morgan fingerprint density at radius 2 is 1.75 bits per heavy atom. The summed E-state index contributed by atoms with van der Waals surface area (Å²) in [5, 5.41) is 17.1. The molecule has 5 unspecified atom stereocenters. The molecule has 2 saturated carbocycles. The molecule has 1 saturated heterocycles. The van der Waals surface area contributed by atoms with Crippen LogP contribution >= 0.6 is 0 Å². The number of nitrogens with one attached hydrogen (secondary N) is 2. The molecule has 3 rings (SSSR count). The minimum Gasteiger partial charge on any atom is -0.396 e. The topological polar surface area (TPSA) is 44.3 Å². The fraction of sp³-hybridized carbons (Fsp3) is 1.00. The number of aliphatic hydroxyl groups is 1. The summed E-state index contributed by atoms with van der Waals surface area (Å²) in [4.78, 5) is 0. The first-order chi connectivity index (χ1) is 9.88. The van der Waals surface area contributed by atoms with Crippen LogP contribution in [0.15, 0.2) is 0 Å². The molecule has 0 spiro atoms. The van der Waals surface area contributed by atoms with Gasteiger partial charge in [0.05, 0.1) is 0 Å². The Balaban J connectivity index is 1.51. The molecule has 3 fully saturated rings. The summed E-state index contributed by atoms with van der Waals surface area (Å²) in [6.45, 7) is 2.76. The van der Waals surface area contributed by atoms with Gasteiger partial charge in [-0.05, 0) is 69.4 Å². The van der Waals surface area contributed by atoms with Gasteiger partial charge in [0, 0.05) is 18.7 Å². The Bertz CT molecular complexity index is 291. The van der Waals surface area contributed by atoms with Gasteiger partial charge in [0.1, 0.15) is 0 Å². The molecule has 0 aromatic carbocycles. The van der Waals surface area contributed by atoms with E-state index >= 15 is 0 Å². The van der Waals surface area contributed by atoms with Gasteiger partial charge in [0.15, 0.2) is 0 Å². The third-order valence-corrected chi connectivity index (χ3v) is 6.13. The van der Waals surface area contributed by atoms with Gasteiger partial charge >= 0.3 is 0 Å². The van der Waals surface area contributed by atoms with Crippen LogP contribution in [-0.2, 0) is 0 Å². The van der Waals surface area contributed by atoms with Gasteiger partial charge in [0.2, 0.25) is 0 Å². The summed E-state index contributed by atoms with van der Waals surface area (Å²) < 4.78 is 0. The fourth-order valence-corrected chi connectivity index (χ4v) is 4.90. The van der Waals surface area contributed by atoms with Crippen LogP contribution in [0.5, 0.6) is 0 Å². The first kappa shape index (κ1) is 14.8. The van der Waals surface area contributed by atoms with Crippen LogP contribution in [0.2, 0.25) is 0 Å². The maximum absolute atomic E-state index is 9.46. The highest BCUT2D eigenvalue weighted by Gasteiger charge is 2.34. The van der Waals surface area contributed by atoms with Crippen molar-refractivity contribution in [3.05, 3.63) is 0 Å². The van der Waals surface area contributed by atoms with Crippen molar-refractivity contribution in [2.24, 2.45) is 17.8 Å². The van der Waals surface area contributed by atoms with Crippen LogP contribution in [-0.4, -0.2) is 36.9 Å². The summed E-state index contributed by atoms with van der Waals surface area (Å²) in [6, 6.07) is 1.49. The Hall–Kier alpha value is -0.120. The lowest BCUT2D eigenvalue weighted by atomic mass is 9.79. The predicted molar refractivity (Wildman–Crippen MR) is 82.7 cm³/mol. The lowest BCUT2D eigenvalue weighted by molar-refractivity contribution is 0.172. The number of aliphatic hydroxyl groups excluding tert-OH is 1. The van der Waals surface area contributed by atoms with Crippen LogP contribution in [0.25, 0.3) is 0 Å². The van der Waals surface area contributed by atoms with Crippen LogP contribution in [0, 0.1) is 17.8 Å². The average molecular weight is 280 g/mol. The van der Waals surface area contributed by atoms with E-state index in [9.17, 15) is 5.11 Å². The second-order valence-electron chi connectivity index (χ2n) is 7.30. The van der Waals surface area contributed by atoms with Crippen LogP contribution in [0.4, 0.5) is 0 Å². The zero-order chi connectivity index (χ0) is 13.8. The Morgan fingerprint density at radius 1 is 0.900 bits per heavy atom. The zero-order valence-corrected chi connectivity index (χ0v) is 12.8. The van der Waals surface area contributed by atoms with E-state index in [-0.39, 0.29) is 0 Å². The maximum atomic E-state index is 9.46. The summed E-state index contributed by atoms with van der Waals surface area (Å²) in [7, 11) is 0. The highest BCUT2D eigenvalue weighted by atomic mass is 16.3. The lowest BCUT2D eigenvalue weighted by Crippen LogP contribution is -2.48. The zero-order valence-electron chi connectivity index (χ0n) is 12.8. The molecule has 3 nitrogen and oxygen atoms in total. The molecular weight excluding hydrogens is 248 g/mol. The molecule has 3 aliphatic rings. The molecule has 0 amide bonds. The second-order valence-corrected chi connectivity index (χ2v) is 7.30. The largest absolute Gasteiger partial charge is 0.396 e. The molecule has 0 aromatic rings. The third kappa shape index (κ3) is 3.37. The first-order valence-corrected chi connectivity index (χ1v) is 8.96. The summed E-state index contributed by atoms with van der Waals surface area (Å²) in [5.74, 6) is 2.13. The van der Waals surface area contributed by atoms with E-state index in [4.69, 9.17) is 0 Å². The van der Waals surface area contributed by atoms with Gasteiger partial charge in [-0.15, -0.1) is 0 Å². The Labute approximate surface area is 123 Å². The molecular formula is C17H32N2O. The molecule has 116 valence electrons. The van der Waals surface area contributed by atoms with Crippen LogP contribution < -0.4 is 10.6 Å². The Kier molecular flexibility index (Phi) is 5.36. The SMILES string of the molecule is OCC1CCCC1CNC1CCCCC1C1CCCN1. The number of hydrogen-bond acceptors (Lipinski definition) is 3. The van der Waals surface area contributed by atoms with Gasteiger partial charge in [-0.25, -0.2) is 0 Å². The minimum absolute atomic E-state index is 0.393. The van der Waals surface area contributed by atoms with Crippen LogP contribution in [0.3, 0.4) is 0 Å². The molecule has 5 atom stereocenters. The summed E-state index contributed by atoms with van der Waals surface area (Å²) in [5.41, 5.74) is 0. The first-order valence-electron chi connectivity index (χ1n) is 8.96. The monoisotopic (exact) mass is 280 g/mol. The van der Waals surface area contributed by atoms with Crippen LogP contribution in [0.1, 0.15) is 57.8 Å². The van der Waals surface area contributed by atoms with Crippen molar-refractivity contribution >= 4 is 0 Å². The summed E-state index contributed by atoms with van der Waals surface area (Å²) in [6.07, 6.45) is 12.2. The van der Waals surface area contributed by atoms with Crippen molar-refractivity contribution < 1.29 is 5.11 Å². The quantitative estimate of drug-likeness (QED) is 0.724. The molecule has 2 aliphatic carbocycles. The predicted octanol–water partition coefficient (Wildman–Crippen LogP) is 2.30. The highest BCUT2D eigenvalue weighted by Crippen LogP contribution is 2.33. The van der Waals surface area contributed by atoms with Crippen molar-refractivity contribution in [1.82, 2.24) is 10.6 Å². The van der Waals surface area contributed by atoms with Crippen molar-refractivity contribution in [3.8, 4) is 0 Å². The van der Waals surface area contributed by atoms with E-state index in [1.54, 1.807) is 0 Å². The Morgan fingerprint density at radius 3 is 2.55 bits per heavy atom. The molecule has 0 aromatic heterocycles. The van der Waals surface area contributed by atoms with Gasteiger partial charge in [-0.2, -0.15) is 0 Å². The van der Waals surface area contributed by atoms with E-state index in [0.29, 0.717) is 12.5 Å². The third-order valence-electron chi connectivity index (χ3n) is 6.13. The van der Waals surface area contributed by atoms with Crippen molar-refractivity contribution in [3.63, 3.8) is 0 Å². The van der Waals surface area contributed by atoms with Gasteiger partial charge in [0.25, 0.3) is 0 Å². The average Bonchev–Trinajstić information content (AvgIpc) is 3.16. The molecule has 0 radical (unpaired) electrons. The normalized spacial score (nSPS) is 42.1. The van der Waals surface area contributed by atoms with E-state index in [1.807, 2.05) is 0 Å². The summed E-state index contributed by atoms with van der Waals surface area (Å²) >= 11 is 0. The van der Waals surface area contributed by atoms with Crippen molar-refractivity contribution in [2.75, 3.05) is 19.7 Å². The van der Waals surface area contributed by atoms with Gasteiger partial charge in [-0.3, -0.25) is 0 Å². The minimum atomic E-state index is 0.393. The molecule has 1 heterocycles. The van der Waals surface area contributed by atoms with Gasteiger partial charge < -0.3 is 15.7 Å².